The molecule has 0 aromatic heterocycles. The van der Waals surface area contributed by atoms with E-state index in [0.717, 1.165) is 0 Å². The SMILES string of the molecule is N#Cc1cccc(F)c1-c1ccc(Cl)cc1. The summed E-state index contributed by atoms with van der Waals surface area (Å²) in [5.41, 5.74) is 1.29. The van der Waals surface area contributed by atoms with E-state index in [1.807, 2.05) is 6.07 Å². The summed E-state index contributed by atoms with van der Waals surface area (Å²) in [5, 5.41) is 9.50. The molecular formula is C13H7ClFN. The third-order valence-electron chi connectivity index (χ3n) is 2.27. The smallest absolute Gasteiger partial charge is 0.132 e. The van der Waals surface area contributed by atoms with Gasteiger partial charge in [0.2, 0.25) is 0 Å². The van der Waals surface area contributed by atoms with Gasteiger partial charge in [-0.1, -0.05) is 29.8 Å². The molecule has 2 aromatic carbocycles. The molecule has 2 rings (SSSR count). The number of nitriles is 1. The Balaban J connectivity index is 2.64. The van der Waals surface area contributed by atoms with Gasteiger partial charge in [0.05, 0.1) is 11.6 Å². The zero-order valence-electron chi connectivity index (χ0n) is 8.24. The van der Waals surface area contributed by atoms with Gasteiger partial charge in [0.15, 0.2) is 0 Å². The Kier molecular flexibility index (Phi) is 2.89. The van der Waals surface area contributed by atoms with Crippen LogP contribution in [0.15, 0.2) is 42.5 Å². The molecule has 0 amide bonds. The first-order valence-corrected chi connectivity index (χ1v) is 5.04. The van der Waals surface area contributed by atoms with E-state index >= 15 is 0 Å². The van der Waals surface area contributed by atoms with Crippen molar-refractivity contribution in [2.45, 2.75) is 0 Å². The van der Waals surface area contributed by atoms with Gasteiger partial charge >= 0.3 is 0 Å². The lowest BCUT2D eigenvalue weighted by Crippen LogP contribution is -1.89. The van der Waals surface area contributed by atoms with Gasteiger partial charge < -0.3 is 0 Å². The number of benzene rings is 2. The summed E-state index contributed by atoms with van der Waals surface area (Å²) in [4.78, 5) is 0. The normalized spacial score (nSPS) is 9.81. The monoisotopic (exact) mass is 231 g/mol. The number of hydrogen-bond donors (Lipinski definition) is 0. The zero-order chi connectivity index (χ0) is 11.5. The highest BCUT2D eigenvalue weighted by atomic mass is 35.5. The van der Waals surface area contributed by atoms with Crippen LogP contribution in [-0.4, -0.2) is 0 Å². The Morgan fingerprint density at radius 3 is 2.38 bits per heavy atom. The Bertz CT molecular complexity index is 555. The first kappa shape index (κ1) is 10.7. The molecule has 0 unspecified atom stereocenters. The van der Waals surface area contributed by atoms with Gasteiger partial charge in [0.25, 0.3) is 0 Å². The van der Waals surface area contributed by atoms with E-state index < -0.39 is 5.82 Å². The van der Waals surface area contributed by atoms with Crippen molar-refractivity contribution < 1.29 is 4.39 Å². The van der Waals surface area contributed by atoms with Gasteiger partial charge in [-0.3, -0.25) is 0 Å². The topological polar surface area (TPSA) is 23.8 Å². The van der Waals surface area contributed by atoms with Crippen LogP contribution in [0.25, 0.3) is 11.1 Å². The Morgan fingerprint density at radius 2 is 1.75 bits per heavy atom. The molecule has 16 heavy (non-hydrogen) atoms. The second-order valence-electron chi connectivity index (χ2n) is 3.28. The maximum atomic E-state index is 13.6. The van der Waals surface area contributed by atoms with Crippen molar-refractivity contribution in [1.29, 1.82) is 5.26 Å². The standard InChI is InChI=1S/C13H7ClFN/c14-11-6-4-9(5-7-11)13-10(8-16)2-1-3-12(13)15/h1-7H. The quantitative estimate of drug-likeness (QED) is 0.727. The molecule has 0 fully saturated rings. The number of hydrogen-bond acceptors (Lipinski definition) is 1. The van der Waals surface area contributed by atoms with Crippen LogP contribution in [0.1, 0.15) is 5.56 Å². The highest BCUT2D eigenvalue weighted by molar-refractivity contribution is 6.30. The number of halogens is 2. The Labute approximate surface area is 97.7 Å². The summed E-state index contributed by atoms with van der Waals surface area (Å²) >= 11 is 5.75. The van der Waals surface area contributed by atoms with Crippen molar-refractivity contribution in [3.8, 4) is 17.2 Å². The third kappa shape index (κ3) is 1.91. The lowest BCUT2D eigenvalue weighted by Gasteiger charge is -2.05. The molecule has 78 valence electrons. The molecule has 0 N–H and O–H groups in total. The summed E-state index contributed by atoms with van der Waals surface area (Å²) < 4.78 is 13.6. The summed E-state index contributed by atoms with van der Waals surface area (Å²) in [7, 11) is 0. The highest BCUT2D eigenvalue weighted by Crippen LogP contribution is 2.27. The zero-order valence-corrected chi connectivity index (χ0v) is 9.00. The van der Waals surface area contributed by atoms with Gasteiger partial charge in [-0.15, -0.1) is 0 Å². The molecule has 0 saturated carbocycles. The van der Waals surface area contributed by atoms with Crippen molar-refractivity contribution in [2.75, 3.05) is 0 Å². The lowest BCUT2D eigenvalue weighted by atomic mass is 10.00. The van der Waals surface area contributed by atoms with E-state index in [2.05, 4.69) is 0 Å². The van der Waals surface area contributed by atoms with E-state index in [9.17, 15) is 4.39 Å². The highest BCUT2D eigenvalue weighted by Gasteiger charge is 2.09. The minimum atomic E-state index is -0.402. The minimum Gasteiger partial charge on any atom is -0.206 e. The summed E-state index contributed by atoms with van der Waals surface area (Å²) in [6, 6.07) is 13.2. The molecular weight excluding hydrogens is 225 g/mol. The molecule has 0 aliphatic carbocycles. The van der Waals surface area contributed by atoms with Gasteiger partial charge in [-0.05, 0) is 29.8 Å². The fourth-order valence-electron chi connectivity index (χ4n) is 1.53. The van der Waals surface area contributed by atoms with E-state index in [-0.39, 0.29) is 0 Å². The maximum Gasteiger partial charge on any atom is 0.132 e. The molecule has 0 spiro atoms. The molecule has 0 heterocycles. The molecule has 0 atom stereocenters. The fraction of sp³-hybridized carbons (Fsp3) is 0. The predicted octanol–water partition coefficient (Wildman–Crippen LogP) is 4.02. The van der Waals surface area contributed by atoms with Crippen molar-refractivity contribution in [2.24, 2.45) is 0 Å². The minimum absolute atomic E-state index is 0.321. The summed E-state index contributed by atoms with van der Waals surface area (Å²) in [6.07, 6.45) is 0. The lowest BCUT2D eigenvalue weighted by molar-refractivity contribution is 0.631. The maximum absolute atomic E-state index is 13.6. The van der Waals surface area contributed by atoms with Crippen LogP contribution >= 0.6 is 11.6 Å². The first-order valence-electron chi connectivity index (χ1n) is 4.67. The molecule has 0 radical (unpaired) electrons. The van der Waals surface area contributed by atoms with E-state index in [1.54, 1.807) is 30.3 Å². The van der Waals surface area contributed by atoms with Crippen molar-refractivity contribution in [3.05, 3.63) is 58.9 Å². The average Bonchev–Trinajstić information content (AvgIpc) is 2.30. The van der Waals surface area contributed by atoms with Crippen molar-refractivity contribution >= 4 is 11.6 Å². The molecule has 0 saturated heterocycles. The third-order valence-corrected chi connectivity index (χ3v) is 2.52. The van der Waals surface area contributed by atoms with Crippen LogP contribution in [0.5, 0.6) is 0 Å². The Morgan fingerprint density at radius 1 is 1.06 bits per heavy atom. The van der Waals surface area contributed by atoms with E-state index in [4.69, 9.17) is 16.9 Å². The van der Waals surface area contributed by atoms with Crippen LogP contribution in [-0.2, 0) is 0 Å². The number of nitrogens with zero attached hydrogens (tertiary/aromatic N) is 1. The first-order chi connectivity index (χ1) is 7.72. The molecule has 1 nitrogen and oxygen atoms in total. The molecule has 2 aromatic rings. The predicted molar refractivity (Wildman–Crippen MR) is 61.6 cm³/mol. The van der Waals surface area contributed by atoms with Gasteiger partial charge in [-0.2, -0.15) is 5.26 Å². The summed E-state index contributed by atoms with van der Waals surface area (Å²) in [5.74, 6) is -0.402. The van der Waals surface area contributed by atoms with Gasteiger partial charge in [0, 0.05) is 10.6 Å². The number of rotatable bonds is 1. The van der Waals surface area contributed by atoms with Crippen LogP contribution in [0.4, 0.5) is 4.39 Å². The second kappa shape index (κ2) is 4.34. The van der Waals surface area contributed by atoms with Crippen LogP contribution in [0, 0.1) is 17.1 Å². The molecule has 0 aliphatic heterocycles. The summed E-state index contributed by atoms with van der Waals surface area (Å²) in [6.45, 7) is 0. The van der Waals surface area contributed by atoms with Crippen molar-refractivity contribution in [3.63, 3.8) is 0 Å². The Hall–Kier alpha value is -1.85. The van der Waals surface area contributed by atoms with E-state index in [0.29, 0.717) is 21.7 Å². The average molecular weight is 232 g/mol. The fourth-order valence-corrected chi connectivity index (χ4v) is 1.65. The van der Waals surface area contributed by atoms with E-state index in [1.165, 1.54) is 12.1 Å². The second-order valence-corrected chi connectivity index (χ2v) is 3.72. The van der Waals surface area contributed by atoms with Crippen LogP contribution in [0.3, 0.4) is 0 Å². The van der Waals surface area contributed by atoms with Crippen LogP contribution < -0.4 is 0 Å². The van der Waals surface area contributed by atoms with Gasteiger partial charge in [0.1, 0.15) is 5.82 Å². The van der Waals surface area contributed by atoms with Crippen LogP contribution in [0.2, 0.25) is 5.02 Å². The molecule has 0 bridgehead atoms. The molecule has 3 heteroatoms. The van der Waals surface area contributed by atoms with Gasteiger partial charge in [-0.25, -0.2) is 4.39 Å². The largest absolute Gasteiger partial charge is 0.206 e. The molecule has 0 aliphatic rings. The van der Waals surface area contributed by atoms with Crippen molar-refractivity contribution in [1.82, 2.24) is 0 Å².